The van der Waals surface area contributed by atoms with E-state index in [1.54, 1.807) is 6.92 Å². The molecule has 1 amide bonds. The van der Waals surface area contributed by atoms with Gasteiger partial charge in [-0.1, -0.05) is 18.8 Å². The third kappa shape index (κ3) is 4.77. The van der Waals surface area contributed by atoms with Crippen molar-refractivity contribution in [3.05, 3.63) is 23.8 Å². The summed E-state index contributed by atoms with van der Waals surface area (Å²) in [7, 11) is 0. The van der Waals surface area contributed by atoms with Gasteiger partial charge < -0.3 is 5.73 Å². The Bertz CT molecular complexity index is 346. The van der Waals surface area contributed by atoms with Gasteiger partial charge in [0.05, 0.1) is 0 Å². The summed E-state index contributed by atoms with van der Waals surface area (Å²) in [5.41, 5.74) is 6.11. The van der Waals surface area contributed by atoms with E-state index in [1.165, 1.54) is 0 Å². The normalized spacial score (nSPS) is 23.2. The molecule has 15 heavy (non-hydrogen) atoms. The molecule has 0 aromatic carbocycles. The Morgan fingerprint density at radius 1 is 1.67 bits per heavy atom. The molecule has 1 rings (SSSR count). The molecule has 1 aliphatic carbocycles. The molecule has 0 fully saturated rings. The minimum atomic E-state index is -0.277. The van der Waals surface area contributed by atoms with E-state index in [9.17, 15) is 4.79 Å². The quantitative estimate of drug-likeness (QED) is 0.602. The van der Waals surface area contributed by atoms with Crippen LogP contribution >= 0.6 is 0 Å². The molecule has 0 saturated heterocycles. The summed E-state index contributed by atoms with van der Waals surface area (Å²) in [6.45, 7) is 3.85. The molecule has 0 aliphatic heterocycles. The molecular formula is C12H14NOY-. The molecule has 2 unspecified atom stereocenters. The van der Waals surface area contributed by atoms with E-state index < -0.39 is 0 Å². The van der Waals surface area contributed by atoms with Crippen LogP contribution in [0.5, 0.6) is 0 Å². The van der Waals surface area contributed by atoms with E-state index in [0.29, 0.717) is 6.42 Å². The van der Waals surface area contributed by atoms with E-state index in [1.807, 2.05) is 13.0 Å². The van der Waals surface area contributed by atoms with Crippen molar-refractivity contribution in [1.29, 1.82) is 0 Å². The van der Waals surface area contributed by atoms with Gasteiger partial charge in [0, 0.05) is 39.1 Å². The average molecular weight is 277 g/mol. The summed E-state index contributed by atoms with van der Waals surface area (Å²) in [6, 6.07) is 0. The zero-order valence-corrected chi connectivity index (χ0v) is 11.9. The fourth-order valence-electron chi connectivity index (χ4n) is 1.48. The Balaban J connectivity index is 0.00000196. The number of carbonyl (C=O) groups excluding carboxylic acids is 1. The molecule has 1 aliphatic rings. The topological polar surface area (TPSA) is 43.1 Å². The maximum atomic E-state index is 10.7. The molecule has 77 valence electrons. The molecule has 0 aromatic heterocycles. The number of nitrogens with two attached hydrogens (primary N) is 1. The molecule has 2 atom stereocenters. The van der Waals surface area contributed by atoms with Crippen LogP contribution < -0.4 is 5.73 Å². The van der Waals surface area contributed by atoms with Crippen molar-refractivity contribution in [2.45, 2.75) is 20.3 Å². The average Bonchev–Trinajstić information content (AvgIpc) is 2.10. The van der Waals surface area contributed by atoms with Crippen LogP contribution in [0, 0.1) is 29.8 Å². The van der Waals surface area contributed by atoms with Crippen LogP contribution in [0.2, 0.25) is 0 Å². The van der Waals surface area contributed by atoms with Crippen LogP contribution in [0.4, 0.5) is 0 Å². The summed E-state index contributed by atoms with van der Waals surface area (Å²) < 4.78 is 0. The van der Waals surface area contributed by atoms with Gasteiger partial charge in [0.15, 0.2) is 0 Å². The zero-order chi connectivity index (χ0) is 10.6. The second kappa shape index (κ2) is 6.98. The van der Waals surface area contributed by atoms with Crippen molar-refractivity contribution in [2.75, 3.05) is 0 Å². The van der Waals surface area contributed by atoms with E-state index in [2.05, 4.69) is 24.0 Å². The van der Waals surface area contributed by atoms with Gasteiger partial charge in [-0.15, -0.1) is 17.6 Å². The Hall–Kier alpha value is -0.386. The monoisotopic (exact) mass is 277 g/mol. The summed E-state index contributed by atoms with van der Waals surface area (Å²) in [5, 5.41) is 0. The molecule has 3 heteroatoms. The first kappa shape index (κ1) is 14.6. The molecule has 1 radical (unpaired) electrons. The Morgan fingerprint density at radius 3 is 2.80 bits per heavy atom. The standard InChI is InChI=1S/C12H14NO.Y/c1-3-4-10-5-6-11(8-12(13)14)9(2)7-10;/h5,7,9,11H,8H2,1-2H3,(H2,13,14);/q-1;. The Labute approximate surface area is 116 Å². The van der Waals surface area contributed by atoms with Crippen molar-refractivity contribution >= 4 is 5.91 Å². The molecule has 0 bridgehead atoms. The molecule has 0 spiro atoms. The van der Waals surface area contributed by atoms with Gasteiger partial charge in [0.25, 0.3) is 0 Å². The fraction of sp³-hybridized carbons (Fsp3) is 0.417. The largest absolute Gasteiger partial charge is 0.370 e. The first-order valence-electron chi connectivity index (χ1n) is 4.65. The van der Waals surface area contributed by atoms with Gasteiger partial charge in [-0.05, 0) is 6.92 Å². The summed E-state index contributed by atoms with van der Waals surface area (Å²) in [4.78, 5) is 10.7. The Kier molecular flexibility index (Phi) is 6.80. The molecule has 0 heterocycles. The van der Waals surface area contributed by atoms with Crippen molar-refractivity contribution in [2.24, 2.45) is 17.6 Å². The predicted octanol–water partition coefficient (Wildman–Crippen LogP) is 1.43. The van der Waals surface area contributed by atoms with Gasteiger partial charge in [0.2, 0.25) is 5.91 Å². The molecule has 0 saturated carbocycles. The van der Waals surface area contributed by atoms with Crippen LogP contribution in [0.15, 0.2) is 17.7 Å². The summed E-state index contributed by atoms with van der Waals surface area (Å²) >= 11 is 0. The second-order valence-electron chi connectivity index (χ2n) is 3.44. The first-order chi connectivity index (χ1) is 6.63. The van der Waals surface area contributed by atoms with Crippen LogP contribution in [-0.4, -0.2) is 5.91 Å². The van der Waals surface area contributed by atoms with Gasteiger partial charge in [0.1, 0.15) is 0 Å². The van der Waals surface area contributed by atoms with E-state index in [-0.39, 0.29) is 50.5 Å². The van der Waals surface area contributed by atoms with Crippen molar-refractivity contribution in [3.8, 4) is 11.8 Å². The van der Waals surface area contributed by atoms with E-state index in [4.69, 9.17) is 5.73 Å². The number of rotatable bonds is 2. The van der Waals surface area contributed by atoms with Crippen LogP contribution in [0.3, 0.4) is 0 Å². The van der Waals surface area contributed by atoms with Crippen LogP contribution in [-0.2, 0) is 37.5 Å². The number of allylic oxidation sites excluding steroid dienone is 4. The predicted molar refractivity (Wildman–Crippen MR) is 55.8 cm³/mol. The second-order valence-corrected chi connectivity index (χ2v) is 3.44. The fourth-order valence-corrected chi connectivity index (χ4v) is 1.48. The third-order valence-electron chi connectivity index (χ3n) is 2.22. The van der Waals surface area contributed by atoms with E-state index in [0.717, 1.165) is 5.57 Å². The molecule has 2 nitrogen and oxygen atoms in total. The molecule has 2 N–H and O–H groups in total. The minimum absolute atomic E-state index is 0. The zero-order valence-electron chi connectivity index (χ0n) is 9.08. The van der Waals surface area contributed by atoms with Gasteiger partial charge >= 0.3 is 0 Å². The number of carbonyl (C=O) groups is 1. The van der Waals surface area contributed by atoms with Gasteiger partial charge in [-0.2, -0.15) is 5.92 Å². The minimum Gasteiger partial charge on any atom is -0.370 e. The van der Waals surface area contributed by atoms with Crippen molar-refractivity contribution in [3.63, 3.8) is 0 Å². The maximum Gasteiger partial charge on any atom is 0.216 e. The van der Waals surface area contributed by atoms with Crippen LogP contribution in [0.25, 0.3) is 0 Å². The SMILES string of the molecule is CC#CC1=CC(C)C(CC(N)=O)[C-]=C1.[Y]. The van der Waals surface area contributed by atoms with Gasteiger partial charge in [-0.25, -0.2) is 6.08 Å². The summed E-state index contributed by atoms with van der Waals surface area (Å²) in [6.07, 6.45) is 7.39. The van der Waals surface area contributed by atoms with Gasteiger partial charge in [-0.3, -0.25) is 10.9 Å². The molecule has 0 aromatic rings. The maximum absolute atomic E-state index is 10.7. The third-order valence-corrected chi connectivity index (χ3v) is 2.22. The first-order valence-corrected chi connectivity index (χ1v) is 4.65. The number of hydrogen-bond acceptors (Lipinski definition) is 1. The van der Waals surface area contributed by atoms with E-state index >= 15 is 0 Å². The number of amides is 1. The number of primary amides is 1. The number of hydrogen-bond donors (Lipinski definition) is 1. The van der Waals surface area contributed by atoms with Crippen molar-refractivity contribution < 1.29 is 37.5 Å². The summed E-state index contributed by atoms with van der Waals surface area (Å²) in [5.74, 6) is 5.91. The van der Waals surface area contributed by atoms with Crippen molar-refractivity contribution in [1.82, 2.24) is 0 Å². The Morgan fingerprint density at radius 2 is 2.33 bits per heavy atom. The smallest absolute Gasteiger partial charge is 0.216 e. The molecular weight excluding hydrogens is 263 g/mol. The van der Waals surface area contributed by atoms with Crippen LogP contribution in [0.1, 0.15) is 20.3 Å².